The maximum atomic E-state index is 12.7. The van der Waals surface area contributed by atoms with Crippen LogP contribution in [0.1, 0.15) is 15.9 Å². The van der Waals surface area contributed by atoms with Gasteiger partial charge in [0.2, 0.25) is 14.4 Å². The maximum absolute atomic E-state index is 12.7. The van der Waals surface area contributed by atoms with E-state index in [0.29, 0.717) is 5.02 Å². The van der Waals surface area contributed by atoms with Crippen LogP contribution in [-0.4, -0.2) is 28.6 Å². The van der Waals surface area contributed by atoms with Gasteiger partial charge >= 0.3 is 0 Å². The summed E-state index contributed by atoms with van der Waals surface area (Å²) >= 11 is 30.4. The summed E-state index contributed by atoms with van der Waals surface area (Å²) in [6, 6.07) is 11.4. The molecule has 2 aromatic rings. The Morgan fingerprint density at radius 3 is 1.92 bits per heavy atom. The molecule has 1 aliphatic rings. The largest absolute Gasteiger partial charge is 0.291 e. The molecule has 0 bridgehead atoms. The van der Waals surface area contributed by atoms with E-state index in [1.807, 2.05) is 0 Å². The number of sulfonamides is 1. The highest BCUT2D eigenvalue weighted by atomic mass is 35.5. The fourth-order valence-corrected chi connectivity index (χ4v) is 4.53. The zero-order chi connectivity index (χ0) is 19.3. The molecule has 10 heteroatoms. The number of carbonyl (C=O) groups is 1. The monoisotopic (exact) mass is 469 g/mol. The van der Waals surface area contributed by atoms with Gasteiger partial charge in [0.25, 0.3) is 10.0 Å². The summed E-state index contributed by atoms with van der Waals surface area (Å²) in [6.07, 6.45) is 0. The molecule has 0 radical (unpaired) electrons. The van der Waals surface area contributed by atoms with Gasteiger partial charge in [-0.1, -0.05) is 82.3 Å². The Balaban J connectivity index is 2.28. The van der Waals surface area contributed by atoms with E-state index in [2.05, 4.69) is 4.40 Å². The lowest BCUT2D eigenvalue weighted by Crippen LogP contribution is -2.53. The lowest BCUT2D eigenvalue weighted by molar-refractivity contribution is 0.0969. The van der Waals surface area contributed by atoms with Crippen LogP contribution >= 0.6 is 58.0 Å². The van der Waals surface area contributed by atoms with Crippen molar-refractivity contribution in [2.24, 2.45) is 4.40 Å². The smallest absolute Gasteiger partial charge is 0.282 e. The fourth-order valence-electron chi connectivity index (χ4n) is 2.40. The lowest BCUT2D eigenvalue weighted by Gasteiger charge is -2.37. The molecule has 0 aliphatic heterocycles. The highest BCUT2D eigenvalue weighted by molar-refractivity contribution is 7.90. The van der Waals surface area contributed by atoms with Crippen LogP contribution in [0.4, 0.5) is 0 Å². The van der Waals surface area contributed by atoms with Gasteiger partial charge in [-0.2, -0.15) is 12.8 Å². The molecule has 0 aromatic heterocycles. The van der Waals surface area contributed by atoms with Crippen LogP contribution in [-0.2, 0) is 10.0 Å². The van der Waals surface area contributed by atoms with Gasteiger partial charge in [-0.15, -0.1) is 0 Å². The van der Waals surface area contributed by atoms with E-state index >= 15 is 0 Å². The van der Waals surface area contributed by atoms with Crippen molar-refractivity contribution in [2.75, 3.05) is 0 Å². The van der Waals surface area contributed by atoms with E-state index in [1.165, 1.54) is 36.4 Å². The molecular formula is C16H8Cl5NO3S. The van der Waals surface area contributed by atoms with Crippen LogP contribution in [0.25, 0.3) is 0 Å². The van der Waals surface area contributed by atoms with Crippen molar-refractivity contribution in [2.45, 2.75) is 13.6 Å². The molecule has 0 spiro atoms. The molecule has 2 aromatic carbocycles. The first-order valence-corrected chi connectivity index (χ1v) is 10.3. The number of carbonyl (C=O) groups excluding carboxylic acids is 1. The average molecular weight is 472 g/mol. The summed E-state index contributed by atoms with van der Waals surface area (Å²) in [5, 5.41) is 0.356. The molecular weight excluding hydrogens is 464 g/mol. The molecule has 0 fully saturated rings. The first kappa shape index (κ1) is 19.9. The number of fused-ring (bicyclic) bond motifs is 1. The van der Waals surface area contributed by atoms with E-state index < -0.39 is 24.5 Å². The second-order valence-corrected chi connectivity index (χ2v) is 10.1. The Labute approximate surface area is 174 Å². The predicted octanol–water partition coefficient (Wildman–Crippen LogP) is 5.06. The molecule has 136 valence electrons. The van der Waals surface area contributed by atoms with Crippen molar-refractivity contribution >= 4 is 79.5 Å². The van der Waals surface area contributed by atoms with Crippen molar-refractivity contribution in [1.29, 1.82) is 0 Å². The molecule has 0 heterocycles. The van der Waals surface area contributed by atoms with Crippen LogP contribution in [0.3, 0.4) is 0 Å². The Hall–Kier alpha value is -0.820. The van der Waals surface area contributed by atoms with Crippen molar-refractivity contribution in [1.82, 2.24) is 0 Å². The number of benzene rings is 2. The number of alkyl halides is 4. The minimum atomic E-state index is -4.23. The van der Waals surface area contributed by atoms with Crippen LogP contribution in [0.5, 0.6) is 0 Å². The maximum Gasteiger partial charge on any atom is 0.282 e. The summed E-state index contributed by atoms with van der Waals surface area (Å²) in [7, 11) is -4.23. The number of nitrogens with zero attached hydrogens (tertiary/aromatic N) is 1. The molecule has 3 rings (SSSR count). The normalized spacial score (nSPS) is 20.0. The second kappa shape index (κ2) is 6.66. The highest BCUT2D eigenvalue weighted by Gasteiger charge is 2.61. The minimum Gasteiger partial charge on any atom is -0.291 e. The van der Waals surface area contributed by atoms with E-state index in [1.54, 1.807) is 12.1 Å². The lowest BCUT2D eigenvalue weighted by atomic mass is 9.87. The summed E-state index contributed by atoms with van der Waals surface area (Å²) < 4.78 is 24.5. The standard InChI is InChI=1S/C16H8Cl5NO3S/c17-9-5-7-10(8-6-9)26(24,25)22-13-11-3-1-2-4-12(11)14(23)16(20,21)15(13,18)19/h1-8H/b22-13+. The predicted molar refractivity (Wildman–Crippen MR) is 105 cm³/mol. The summed E-state index contributed by atoms with van der Waals surface area (Å²) in [5.41, 5.74) is -0.132. The number of hydrogen-bond acceptors (Lipinski definition) is 3. The minimum absolute atomic E-state index is 0.0690. The van der Waals surface area contributed by atoms with Crippen LogP contribution in [0.15, 0.2) is 57.8 Å². The third kappa shape index (κ3) is 3.15. The van der Waals surface area contributed by atoms with E-state index in [4.69, 9.17) is 58.0 Å². The topological polar surface area (TPSA) is 63.6 Å². The number of hydrogen-bond donors (Lipinski definition) is 0. The van der Waals surface area contributed by atoms with E-state index in [-0.39, 0.29) is 21.7 Å². The SMILES string of the molecule is O=C1c2ccccc2/C(=N\S(=O)(=O)c2ccc(Cl)cc2)C(Cl)(Cl)C1(Cl)Cl. The average Bonchev–Trinajstić information content (AvgIpc) is 2.58. The van der Waals surface area contributed by atoms with Gasteiger partial charge in [-0.05, 0) is 24.3 Å². The number of ketones is 1. The third-order valence-electron chi connectivity index (χ3n) is 3.73. The molecule has 0 unspecified atom stereocenters. The zero-order valence-electron chi connectivity index (χ0n) is 12.6. The number of rotatable bonds is 2. The van der Waals surface area contributed by atoms with Gasteiger partial charge < -0.3 is 0 Å². The number of halogens is 5. The molecule has 4 nitrogen and oxygen atoms in total. The Morgan fingerprint density at radius 2 is 1.35 bits per heavy atom. The van der Waals surface area contributed by atoms with Gasteiger partial charge in [-0.25, -0.2) is 0 Å². The number of Topliss-reactive ketones (excluding diaryl/α,β-unsaturated/α-hetero) is 1. The van der Waals surface area contributed by atoms with Gasteiger partial charge in [0.1, 0.15) is 5.71 Å². The molecule has 0 amide bonds. The van der Waals surface area contributed by atoms with Crippen molar-refractivity contribution in [3.63, 3.8) is 0 Å². The first-order chi connectivity index (χ1) is 12.0. The highest BCUT2D eigenvalue weighted by Crippen LogP contribution is 2.51. The Bertz CT molecular complexity index is 1030. The van der Waals surface area contributed by atoms with Crippen molar-refractivity contribution in [3.8, 4) is 0 Å². The van der Waals surface area contributed by atoms with Gasteiger partial charge in [0.15, 0.2) is 0 Å². The third-order valence-corrected chi connectivity index (χ3v) is 7.49. The molecule has 0 saturated carbocycles. The molecule has 0 atom stereocenters. The van der Waals surface area contributed by atoms with Gasteiger partial charge in [-0.3, -0.25) is 4.79 Å². The molecule has 0 saturated heterocycles. The van der Waals surface area contributed by atoms with Gasteiger partial charge in [0.05, 0.1) is 4.90 Å². The summed E-state index contributed by atoms with van der Waals surface area (Å²) in [4.78, 5) is 12.4. The fraction of sp³-hybridized carbons (Fsp3) is 0.125. The van der Waals surface area contributed by atoms with Crippen molar-refractivity contribution in [3.05, 3.63) is 64.7 Å². The van der Waals surface area contributed by atoms with E-state index in [9.17, 15) is 13.2 Å². The van der Waals surface area contributed by atoms with Crippen LogP contribution in [0.2, 0.25) is 5.02 Å². The second-order valence-electron chi connectivity index (χ2n) is 5.39. The zero-order valence-corrected chi connectivity index (χ0v) is 17.2. The quantitative estimate of drug-likeness (QED) is 0.575. The summed E-state index contributed by atoms with van der Waals surface area (Å²) in [5.74, 6) is -0.746. The Kier molecular flexibility index (Phi) is 5.10. The van der Waals surface area contributed by atoms with Crippen LogP contribution < -0.4 is 0 Å². The molecule has 0 N–H and O–H groups in total. The first-order valence-electron chi connectivity index (χ1n) is 6.99. The van der Waals surface area contributed by atoms with Crippen molar-refractivity contribution < 1.29 is 13.2 Å². The van der Waals surface area contributed by atoms with Crippen LogP contribution in [0, 0.1) is 0 Å². The molecule has 26 heavy (non-hydrogen) atoms. The van der Waals surface area contributed by atoms with E-state index in [0.717, 1.165) is 0 Å². The Morgan fingerprint density at radius 1 is 0.808 bits per heavy atom. The van der Waals surface area contributed by atoms with Gasteiger partial charge in [0, 0.05) is 16.1 Å². The summed E-state index contributed by atoms with van der Waals surface area (Å²) in [6.45, 7) is 0. The molecule has 1 aliphatic carbocycles.